The fourth-order valence-corrected chi connectivity index (χ4v) is 4.65. The minimum Gasteiger partial charge on any atom is -0.481 e. The summed E-state index contributed by atoms with van der Waals surface area (Å²) in [6, 6.07) is 14.6. The molecule has 160 valence electrons. The first-order chi connectivity index (χ1) is 14.6. The molecular formula is C24H20Cl3NO3. The van der Waals surface area contributed by atoms with E-state index in [1.165, 1.54) is 0 Å². The van der Waals surface area contributed by atoms with E-state index in [4.69, 9.17) is 44.5 Å². The number of halogens is 3. The van der Waals surface area contributed by atoms with Gasteiger partial charge >= 0.3 is 5.97 Å². The molecule has 4 nitrogen and oxygen atoms in total. The van der Waals surface area contributed by atoms with Crippen molar-refractivity contribution < 1.29 is 14.6 Å². The third kappa shape index (κ3) is 4.67. The van der Waals surface area contributed by atoms with E-state index in [9.17, 15) is 9.90 Å². The fourth-order valence-electron chi connectivity index (χ4n) is 4.02. The van der Waals surface area contributed by atoms with Gasteiger partial charge in [0.05, 0.1) is 17.1 Å². The van der Waals surface area contributed by atoms with Crippen LogP contribution in [-0.4, -0.2) is 21.7 Å². The van der Waals surface area contributed by atoms with Crippen LogP contribution < -0.4 is 4.74 Å². The van der Waals surface area contributed by atoms with Crippen LogP contribution >= 0.6 is 34.8 Å². The number of hydrogen-bond donors (Lipinski definition) is 1. The van der Waals surface area contributed by atoms with E-state index in [0.717, 1.165) is 16.7 Å². The summed E-state index contributed by atoms with van der Waals surface area (Å²) >= 11 is 18.7. The van der Waals surface area contributed by atoms with E-state index in [-0.39, 0.29) is 12.3 Å². The summed E-state index contributed by atoms with van der Waals surface area (Å²) in [5.74, 6) is -0.641. The van der Waals surface area contributed by atoms with Crippen molar-refractivity contribution >= 4 is 40.8 Å². The van der Waals surface area contributed by atoms with Crippen molar-refractivity contribution in [1.82, 2.24) is 4.98 Å². The molecule has 0 amide bonds. The number of benzene rings is 2. The number of carboxylic acids is 1. The van der Waals surface area contributed by atoms with Crippen LogP contribution in [0.15, 0.2) is 48.5 Å². The number of aromatic nitrogens is 1. The number of nitrogens with zero attached hydrogens (tertiary/aromatic N) is 1. The Hall–Kier alpha value is -2.27. The molecule has 3 aromatic rings. The molecule has 4 rings (SSSR count). The molecule has 0 aliphatic carbocycles. The van der Waals surface area contributed by atoms with Crippen molar-refractivity contribution in [2.45, 2.75) is 38.2 Å². The first-order valence-corrected chi connectivity index (χ1v) is 10.9. The minimum atomic E-state index is -0.855. The molecule has 1 aliphatic rings. The zero-order valence-electron chi connectivity index (χ0n) is 17.0. The Balaban J connectivity index is 1.97. The predicted molar refractivity (Wildman–Crippen MR) is 124 cm³/mol. The first kappa shape index (κ1) is 21.9. The summed E-state index contributed by atoms with van der Waals surface area (Å²) in [7, 11) is 0. The van der Waals surface area contributed by atoms with Crippen molar-refractivity contribution in [3.63, 3.8) is 0 Å². The number of pyridine rings is 1. The van der Waals surface area contributed by atoms with E-state index in [2.05, 4.69) is 0 Å². The molecule has 1 N–H and O–H groups in total. The molecule has 0 saturated carbocycles. The van der Waals surface area contributed by atoms with Gasteiger partial charge in [0.15, 0.2) is 0 Å². The van der Waals surface area contributed by atoms with Crippen LogP contribution in [0.4, 0.5) is 0 Å². The molecule has 1 unspecified atom stereocenters. The van der Waals surface area contributed by atoms with E-state index in [0.29, 0.717) is 38.6 Å². The third-order valence-corrected chi connectivity index (χ3v) is 6.13. The van der Waals surface area contributed by atoms with Gasteiger partial charge in [-0.25, -0.2) is 4.98 Å². The molecule has 0 radical (unpaired) electrons. The molecular weight excluding hydrogens is 457 g/mol. The molecule has 1 atom stereocenters. The summed E-state index contributed by atoms with van der Waals surface area (Å²) in [5.41, 5.74) is 3.29. The highest BCUT2D eigenvalue weighted by Crippen LogP contribution is 2.46. The van der Waals surface area contributed by atoms with Crippen LogP contribution in [0.2, 0.25) is 15.1 Å². The van der Waals surface area contributed by atoms with Gasteiger partial charge in [-0.05, 0) is 62.2 Å². The summed E-state index contributed by atoms with van der Waals surface area (Å²) < 4.78 is 6.17. The SMILES string of the molecule is CC1(C)CC(CC(=O)O)c2cc(-c3ccc(Cl)cc3)c(-c3ccc(Cl)cc3Cl)nc2O1. The van der Waals surface area contributed by atoms with Gasteiger partial charge in [0, 0.05) is 32.7 Å². The van der Waals surface area contributed by atoms with Crippen LogP contribution in [-0.2, 0) is 4.79 Å². The Bertz CT molecular complexity index is 1160. The van der Waals surface area contributed by atoms with E-state index < -0.39 is 11.6 Å². The number of aliphatic carboxylic acids is 1. The minimum absolute atomic E-state index is 0.00256. The average Bonchev–Trinajstić information content (AvgIpc) is 2.67. The zero-order valence-corrected chi connectivity index (χ0v) is 19.2. The number of fused-ring (bicyclic) bond motifs is 1. The Morgan fingerprint density at radius 2 is 1.74 bits per heavy atom. The maximum absolute atomic E-state index is 11.5. The lowest BCUT2D eigenvalue weighted by Gasteiger charge is -2.37. The predicted octanol–water partition coefficient (Wildman–Crippen LogP) is 7.50. The molecule has 1 aromatic heterocycles. The van der Waals surface area contributed by atoms with Gasteiger partial charge in [-0.15, -0.1) is 0 Å². The number of rotatable bonds is 4. The van der Waals surface area contributed by atoms with Gasteiger partial charge in [0.25, 0.3) is 0 Å². The average molecular weight is 477 g/mol. The normalized spacial score (nSPS) is 17.0. The van der Waals surface area contributed by atoms with Gasteiger partial charge in [-0.3, -0.25) is 4.79 Å². The van der Waals surface area contributed by atoms with E-state index in [1.807, 2.05) is 38.1 Å². The van der Waals surface area contributed by atoms with Crippen molar-refractivity contribution in [1.29, 1.82) is 0 Å². The molecule has 7 heteroatoms. The Morgan fingerprint density at radius 1 is 1.06 bits per heavy atom. The molecule has 31 heavy (non-hydrogen) atoms. The number of ether oxygens (including phenoxy) is 1. The first-order valence-electron chi connectivity index (χ1n) is 9.80. The van der Waals surface area contributed by atoms with E-state index >= 15 is 0 Å². The highest BCUT2D eigenvalue weighted by Gasteiger charge is 2.37. The summed E-state index contributed by atoms with van der Waals surface area (Å²) in [6.07, 6.45) is 0.581. The summed E-state index contributed by atoms with van der Waals surface area (Å²) in [4.78, 5) is 16.4. The fraction of sp³-hybridized carbons (Fsp3) is 0.250. The third-order valence-electron chi connectivity index (χ3n) is 5.33. The van der Waals surface area contributed by atoms with Crippen LogP contribution in [0.1, 0.15) is 38.2 Å². The highest BCUT2D eigenvalue weighted by atomic mass is 35.5. The molecule has 2 heterocycles. The van der Waals surface area contributed by atoms with E-state index in [1.54, 1.807) is 24.3 Å². The molecule has 2 aromatic carbocycles. The van der Waals surface area contributed by atoms with Crippen molar-refractivity contribution in [2.24, 2.45) is 0 Å². The van der Waals surface area contributed by atoms with Crippen molar-refractivity contribution in [3.05, 3.63) is 69.2 Å². The molecule has 0 fully saturated rings. The number of carboxylic acid groups (broad SMARTS) is 1. The standard InChI is InChI=1S/C24H20Cl3NO3/c1-24(2)12-14(9-21(29)30)19-11-18(13-3-5-15(25)6-4-13)22(28-23(19)31-24)17-8-7-16(26)10-20(17)27/h3-8,10-11,14H,9,12H2,1-2H3,(H,29,30). The summed E-state index contributed by atoms with van der Waals surface area (Å²) in [5, 5.41) is 11.1. The molecule has 0 bridgehead atoms. The second-order valence-corrected chi connectivity index (χ2v) is 9.55. The molecule has 1 aliphatic heterocycles. The Kier molecular flexibility index (Phi) is 5.91. The van der Waals surface area contributed by atoms with Crippen LogP contribution in [0.3, 0.4) is 0 Å². The lowest BCUT2D eigenvalue weighted by molar-refractivity contribution is -0.137. The van der Waals surface area contributed by atoms with Gasteiger partial charge in [-0.1, -0.05) is 46.9 Å². The Morgan fingerprint density at radius 3 is 2.39 bits per heavy atom. The monoisotopic (exact) mass is 475 g/mol. The van der Waals surface area contributed by atoms with Crippen LogP contribution in [0.25, 0.3) is 22.4 Å². The number of carbonyl (C=O) groups is 1. The van der Waals surface area contributed by atoms with Crippen molar-refractivity contribution in [3.8, 4) is 28.3 Å². The van der Waals surface area contributed by atoms with Crippen LogP contribution in [0, 0.1) is 0 Å². The van der Waals surface area contributed by atoms with Crippen LogP contribution in [0.5, 0.6) is 5.88 Å². The smallest absolute Gasteiger partial charge is 0.303 e. The second-order valence-electron chi connectivity index (χ2n) is 8.27. The molecule has 0 saturated heterocycles. The zero-order chi connectivity index (χ0) is 22.3. The lowest BCUT2D eigenvalue weighted by atomic mass is 9.82. The Labute approximate surface area is 195 Å². The lowest BCUT2D eigenvalue weighted by Crippen LogP contribution is -2.36. The van der Waals surface area contributed by atoms with Crippen molar-refractivity contribution in [2.75, 3.05) is 0 Å². The number of hydrogen-bond acceptors (Lipinski definition) is 3. The van der Waals surface area contributed by atoms with Gasteiger partial charge in [0.2, 0.25) is 5.88 Å². The summed E-state index contributed by atoms with van der Waals surface area (Å²) in [6.45, 7) is 3.88. The topological polar surface area (TPSA) is 59.4 Å². The second kappa shape index (κ2) is 8.34. The maximum Gasteiger partial charge on any atom is 0.303 e. The van der Waals surface area contributed by atoms with Gasteiger partial charge in [0.1, 0.15) is 5.60 Å². The molecule has 0 spiro atoms. The van der Waals surface area contributed by atoms with Gasteiger partial charge in [-0.2, -0.15) is 0 Å². The quantitative estimate of drug-likeness (QED) is 0.423. The van der Waals surface area contributed by atoms with Gasteiger partial charge < -0.3 is 9.84 Å². The highest BCUT2D eigenvalue weighted by molar-refractivity contribution is 6.36. The maximum atomic E-state index is 11.5. The largest absolute Gasteiger partial charge is 0.481 e.